The number of rotatable bonds is 6. The van der Waals surface area contributed by atoms with Crippen molar-refractivity contribution in [3.8, 4) is 5.75 Å². The zero-order valence-electron chi connectivity index (χ0n) is 16.1. The molecule has 2 aromatic rings. The Labute approximate surface area is 165 Å². The van der Waals surface area contributed by atoms with Crippen molar-refractivity contribution in [2.24, 2.45) is 11.8 Å². The molecule has 6 heteroatoms. The number of nitrogens with zero attached hydrogens (tertiary/aromatic N) is 3. The van der Waals surface area contributed by atoms with Crippen molar-refractivity contribution in [3.05, 3.63) is 60.2 Å². The molecule has 2 heterocycles. The van der Waals surface area contributed by atoms with Crippen LogP contribution in [-0.4, -0.2) is 53.5 Å². The Balaban J connectivity index is 1.29. The molecule has 1 amide bonds. The number of likely N-dealkylation sites (tertiary alicyclic amines) is 1. The Kier molecular flexibility index (Phi) is 5.57. The molecule has 3 atom stereocenters. The quantitative estimate of drug-likeness (QED) is 0.769. The average molecular weight is 383 g/mol. The smallest absolute Gasteiger partial charge is 0.236 e. The van der Waals surface area contributed by atoms with Gasteiger partial charge >= 0.3 is 0 Å². The van der Waals surface area contributed by atoms with Crippen LogP contribution in [0.25, 0.3) is 0 Å². The third kappa shape index (κ3) is 4.33. The van der Waals surface area contributed by atoms with Crippen molar-refractivity contribution in [1.29, 1.82) is 0 Å². The predicted molar refractivity (Wildman–Crippen MR) is 104 cm³/mol. The van der Waals surface area contributed by atoms with Gasteiger partial charge in [-0.1, -0.05) is 12.1 Å². The van der Waals surface area contributed by atoms with Gasteiger partial charge in [0.2, 0.25) is 5.91 Å². The number of carbonyl (C=O) groups is 1. The van der Waals surface area contributed by atoms with Gasteiger partial charge in [0, 0.05) is 31.7 Å². The molecule has 4 rings (SSSR count). The first-order valence-electron chi connectivity index (χ1n) is 9.86. The molecule has 1 saturated carbocycles. The van der Waals surface area contributed by atoms with Gasteiger partial charge in [-0.25, -0.2) is 4.39 Å². The minimum Gasteiger partial charge on any atom is -0.488 e. The molecule has 148 valence electrons. The second kappa shape index (κ2) is 8.27. The minimum atomic E-state index is -0.242. The molecule has 2 fully saturated rings. The predicted octanol–water partition coefficient (Wildman–Crippen LogP) is 2.97. The van der Waals surface area contributed by atoms with E-state index in [9.17, 15) is 9.18 Å². The van der Waals surface area contributed by atoms with Gasteiger partial charge in [-0.3, -0.25) is 14.7 Å². The van der Waals surface area contributed by atoms with Crippen LogP contribution in [0.5, 0.6) is 5.75 Å². The van der Waals surface area contributed by atoms with Crippen molar-refractivity contribution < 1.29 is 13.9 Å². The van der Waals surface area contributed by atoms with E-state index in [2.05, 4.69) is 4.98 Å². The third-order valence-corrected chi connectivity index (χ3v) is 5.84. The summed E-state index contributed by atoms with van der Waals surface area (Å²) in [6, 6.07) is 10.2. The van der Waals surface area contributed by atoms with E-state index in [1.54, 1.807) is 24.5 Å². The van der Waals surface area contributed by atoms with E-state index < -0.39 is 0 Å². The fourth-order valence-electron chi connectivity index (χ4n) is 4.45. The molecule has 1 aromatic heterocycles. The van der Waals surface area contributed by atoms with Gasteiger partial charge < -0.3 is 9.64 Å². The number of fused-ring (bicyclic) bond motifs is 1. The molecule has 2 aliphatic rings. The lowest BCUT2D eigenvalue weighted by atomic mass is 9.99. The monoisotopic (exact) mass is 383 g/mol. The van der Waals surface area contributed by atoms with E-state index in [0.29, 0.717) is 24.9 Å². The Hall–Kier alpha value is -2.47. The molecule has 0 N–H and O–H groups in total. The number of hydrogen-bond donors (Lipinski definition) is 0. The number of amides is 1. The fraction of sp³-hybridized carbons (Fsp3) is 0.455. The number of likely N-dealkylation sites (N-methyl/N-ethyl adjacent to an activating group) is 1. The summed E-state index contributed by atoms with van der Waals surface area (Å²) >= 11 is 0. The zero-order valence-corrected chi connectivity index (χ0v) is 16.1. The Morgan fingerprint density at radius 1 is 1.25 bits per heavy atom. The summed E-state index contributed by atoms with van der Waals surface area (Å²) in [5, 5.41) is 0. The maximum absolute atomic E-state index is 13.0. The van der Waals surface area contributed by atoms with Crippen molar-refractivity contribution in [2.45, 2.75) is 25.5 Å². The first-order chi connectivity index (χ1) is 13.6. The van der Waals surface area contributed by atoms with Crippen LogP contribution in [0.15, 0.2) is 48.8 Å². The van der Waals surface area contributed by atoms with Gasteiger partial charge in [-0.2, -0.15) is 0 Å². The molecule has 0 bridgehead atoms. The summed E-state index contributed by atoms with van der Waals surface area (Å²) in [4.78, 5) is 20.8. The Morgan fingerprint density at radius 2 is 2.07 bits per heavy atom. The lowest BCUT2D eigenvalue weighted by Gasteiger charge is -2.24. The van der Waals surface area contributed by atoms with Crippen molar-refractivity contribution in [2.75, 3.05) is 26.7 Å². The van der Waals surface area contributed by atoms with Gasteiger partial charge in [0.15, 0.2) is 0 Å². The SMILES string of the molecule is CN(CC(=O)N1C[C@H]2CC[C@H](Oc3cccnc3)[C@H]2C1)Cc1ccc(F)cc1. The third-order valence-electron chi connectivity index (χ3n) is 5.84. The van der Waals surface area contributed by atoms with Gasteiger partial charge in [0.25, 0.3) is 0 Å². The molecule has 1 aliphatic carbocycles. The molecule has 28 heavy (non-hydrogen) atoms. The number of aromatic nitrogens is 1. The lowest BCUT2D eigenvalue weighted by Crippen LogP contribution is -2.38. The molecular formula is C22H26FN3O2. The maximum atomic E-state index is 13.0. The summed E-state index contributed by atoms with van der Waals surface area (Å²) < 4.78 is 19.2. The van der Waals surface area contributed by atoms with E-state index in [1.165, 1.54) is 12.1 Å². The van der Waals surface area contributed by atoms with Gasteiger partial charge in [-0.15, -0.1) is 0 Å². The highest BCUT2D eigenvalue weighted by atomic mass is 19.1. The summed E-state index contributed by atoms with van der Waals surface area (Å²) in [6.07, 6.45) is 5.78. The minimum absolute atomic E-state index is 0.152. The van der Waals surface area contributed by atoms with E-state index >= 15 is 0 Å². The second-order valence-corrected chi connectivity index (χ2v) is 7.94. The number of pyridine rings is 1. The van der Waals surface area contributed by atoms with Gasteiger partial charge in [0.1, 0.15) is 17.7 Å². The van der Waals surface area contributed by atoms with Crippen LogP contribution in [-0.2, 0) is 11.3 Å². The van der Waals surface area contributed by atoms with E-state index in [4.69, 9.17) is 4.74 Å². The number of carbonyl (C=O) groups excluding carboxylic acids is 1. The summed E-state index contributed by atoms with van der Waals surface area (Å²) in [5.74, 6) is 1.63. The zero-order chi connectivity index (χ0) is 19.5. The summed E-state index contributed by atoms with van der Waals surface area (Å²) in [5.41, 5.74) is 1.000. The van der Waals surface area contributed by atoms with Gasteiger partial charge in [0.05, 0.1) is 12.7 Å². The number of halogens is 1. The van der Waals surface area contributed by atoms with E-state index in [0.717, 1.165) is 37.2 Å². The normalized spacial score (nSPS) is 23.8. The largest absolute Gasteiger partial charge is 0.488 e. The first-order valence-corrected chi connectivity index (χ1v) is 9.86. The van der Waals surface area contributed by atoms with Crippen LogP contribution in [0.3, 0.4) is 0 Å². The highest BCUT2D eigenvalue weighted by molar-refractivity contribution is 5.78. The van der Waals surface area contributed by atoms with E-state index in [1.807, 2.05) is 29.0 Å². The lowest BCUT2D eigenvalue weighted by molar-refractivity contribution is -0.131. The molecule has 0 radical (unpaired) electrons. The van der Waals surface area contributed by atoms with Crippen molar-refractivity contribution >= 4 is 5.91 Å². The summed E-state index contributed by atoms with van der Waals surface area (Å²) in [7, 11) is 1.92. The number of benzene rings is 1. The molecule has 1 saturated heterocycles. The average Bonchev–Trinajstić information content (AvgIpc) is 3.27. The fourth-order valence-corrected chi connectivity index (χ4v) is 4.45. The summed E-state index contributed by atoms with van der Waals surface area (Å²) in [6.45, 7) is 2.57. The van der Waals surface area contributed by atoms with Crippen molar-refractivity contribution in [3.63, 3.8) is 0 Å². The van der Waals surface area contributed by atoms with Crippen LogP contribution >= 0.6 is 0 Å². The second-order valence-electron chi connectivity index (χ2n) is 7.94. The Bertz CT molecular complexity index is 799. The molecule has 5 nitrogen and oxygen atoms in total. The van der Waals surface area contributed by atoms with E-state index in [-0.39, 0.29) is 17.8 Å². The number of hydrogen-bond acceptors (Lipinski definition) is 4. The van der Waals surface area contributed by atoms with Crippen molar-refractivity contribution in [1.82, 2.24) is 14.8 Å². The van der Waals surface area contributed by atoms with Gasteiger partial charge in [-0.05, 0) is 55.6 Å². The molecule has 0 unspecified atom stereocenters. The highest BCUT2D eigenvalue weighted by Crippen LogP contribution is 2.40. The van der Waals surface area contributed by atoms with Crippen LogP contribution in [0.2, 0.25) is 0 Å². The molecule has 1 aliphatic heterocycles. The highest BCUT2D eigenvalue weighted by Gasteiger charge is 2.45. The first kappa shape index (κ1) is 18.9. The van der Waals surface area contributed by atoms with Crippen LogP contribution in [0, 0.1) is 17.7 Å². The Morgan fingerprint density at radius 3 is 2.82 bits per heavy atom. The maximum Gasteiger partial charge on any atom is 0.236 e. The standard InChI is InChI=1S/C22H26FN3O2/c1-25(12-16-4-7-18(23)8-5-16)15-22(27)26-13-17-6-9-21(20(17)14-26)28-19-3-2-10-24-11-19/h2-5,7-8,10-11,17,20-21H,6,9,12-15H2,1H3/t17-,20+,21+/m1/s1. The van der Waals surface area contributed by atoms with Crippen LogP contribution in [0.1, 0.15) is 18.4 Å². The topological polar surface area (TPSA) is 45.7 Å². The van der Waals surface area contributed by atoms with Crippen LogP contribution < -0.4 is 4.74 Å². The molecular weight excluding hydrogens is 357 g/mol. The molecule has 1 aromatic carbocycles. The van der Waals surface area contributed by atoms with Crippen LogP contribution in [0.4, 0.5) is 4.39 Å². The number of ether oxygens (including phenoxy) is 1. The molecule has 0 spiro atoms.